The predicted molar refractivity (Wildman–Crippen MR) is 71.4 cm³/mol. The molecule has 0 unspecified atom stereocenters. The maximum Gasteiger partial charge on any atom is 0.126 e. The van der Waals surface area contributed by atoms with E-state index in [0.717, 1.165) is 11.3 Å². The average molecular weight is 247 g/mol. The van der Waals surface area contributed by atoms with E-state index in [2.05, 4.69) is 33.4 Å². The van der Waals surface area contributed by atoms with E-state index in [1.165, 1.54) is 36.9 Å². The van der Waals surface area contributed by atoms with Gasteiger partial charge in [0.25, 0.3) is 0 Å². The molecule has 0 bridgehead atoms. The van der Waals surface area contributed by atoms with Gasteiger partial charge in [0.2, 0.25) is 0 Å². The monoisotopic (exact) mass is 247 g/mol. The van der Waals surface area contributed by atoms with Crippen LogP contribution in [0.15, 0.2) is 17.8 Å². The summed E-state index contributed by atoms with van der Waals surface area (Å²) in [5, 5.41) is 3.35. The summed E-state index contributed by atoms with van der Waals surface area (Å²) in [6, 6.07) is 2.81. The molecule has 1 saturated heterocycles. The SMILES string of the molecule is CN1CCCC[C@@H]1Cc1ncnc2sccc12. The first-order chi connectivity index (χ1) is 8.34. The number of rotatable bonds is 2. The van der Waals surface area contributed by atoms with Crippen LogP contribution in [0.1, 0.15) is 25.0 Å². The largest absolute Gasteiger partial charge is 0.303 e. The molecule has 1 aliphatic heterocycles. The Morgan fingerprint density at radius 2 is 2.35 bits per heavy atom. The molecule has 3 nitrogen and oxygen atoms in total. The van der Waals surface area contributed by atoms with Crippen LogP contribution in [-0.4, -0.2) is 34.5 Å². The first-order valence-electron chi connectivity index (χ1n) is 6.22. The van der Waals surface area contributed by atoms with Crippen LogP contribution in [-0.2, 0) is 6.42 Å². The number of piperidine rings is 1. The van der Waals surface area contributed by atoms with Crippen LogP contribution in [0, 0.1) is 0 Å². The van der Waals surface area contributed by atoms with Crippen molar-refractivity contribution in [1.29, 1.82) is 0 Å². The minimum Gasteiger partial charge on any atom is -0.303 e. The third-order valence-corrected chi connectivity index (χ3v) is 4.52. The molecule has 3 rings (SSSR count). The first kappa shape index (κ1) is 11.1. The van der Waals surface area contributed by atoms with Gasteiger partial charge in [0.05, 0.1) is 5.69 Å². The smallest absolute Gasteiger partial charge is 0.126 e. The van der Waals surface area contributed by atoms with Crippen molar-refractivity contribution >= 4 is 21.6 Å². The highest BCUT2D eigenvalue weighted by Gasteiger charge is 2.20. The molecule has 4 heteroatoms. The van der Waals surface area contributed by atoms with Crippen molar-refractivity contribution in [3.63, 3.8) is 0 Å². The topological polar surface area (TPSA) is 29.0 Å². The van der Waals surface area contributed by atoms with Gasteiger partial charge in [-0.25, -0.2) is 9.97 Å². The highest BCUT2D eigenvalue weighted by Crippen LogP contribution is 2.24. The second-order valence-electron chi connectivity index (χ2n) is 4.79. The zero-order chi connectivity index (χ0) is 11.7. The normalized spacial score (nSPS) is 22.1. The number of likely N-dealkylation sites (N-methyl/N-ethyl adjacent to an activating group) is 1. The number of hydrogen-bond donors (Lipinski definition) is 0. The summed E-state index contributed by atoms with van der Waals surface area (Å²) in [6.07, 6.45) is 6.76. The van der Waals surface area contributed by atoms with Crippen molar-refractivity contribution in [2.45, 2.75) is 31.7 Å². The molecule has 2 aromatic heterocycles. The van der Waals surface area contributed by atoms with Crippen LogP contribution >= 0.6 is 11.3 Å². The van der Waals surface area contributed by atoms with Crippen LogP contribution in [0.2, 0.25) is 0 Å². The van der Waals surface area contributed by atoms with Gasteiger partial charge in [0.1, 0.15) is 11.2 Å². The van der Waals surface area contributed by atoms with Gasteiger partial charge in [-0.3, -0.25) is 0 Å². The summed E-state index contributed by atoms with van der Waals surface area (Å²) in [5.74, 6) is 0. The van der Waals surface area contributed by atoms with Gasteiger partial charge in [-0.2, -0.15) is 0 Å². The molecule has 0 spiro atoms. The summed E-state index contributed by atoms with van der Waals surface area (Å²) in [7, 11) is 2.23. The zero-order valence-corrected chi connectivity index (χ0v) is 10.9. The van der Waals surface area contributed by atoms with Gasteiger partial charge in [0, 0.05) is 17.8 Å². The Kier molecular flexibility index (Phi) is 3.07. The lowest BCUT2D eigenvalue weighted by molar-refractivity contribution is 0.184. The Morgan fingerprint density at radius 1 is 1.41 bits per heavy atom. The second-order valence-corrected chi connectivity index (χ2v) is 5.69. The maximum absolute atomic E-state index is 4.48. The lowest BCUT2D eigenvalue weighted by Crippen LogP contribution is -2.37. The van der Waals surface area contributed by atoms with E-state index in [9.17, 15) is 0 Å². The van der Waals surface area contributed by atoms with Crippen LogP contribution in [0.5, 0.6) is 0 Å². The van der Waals surface area contributed by atoms with Crippen LogP contribution in [0.3, 0.4) is 0 Å². The van der Waals surface area contributed by atoms with E-state index in [1.54, 1.807) is 17.7 Å². The molecule has 0 saturated carbocycles. The minimum atomic E-state index is 0.654. The highest BCUT2D eigenvalue weighted by molar-refractivity contribution is 7.16. The Hall–Kier alpha value is -1.00. The molecule has 0 N–H and O–H groups in total. The molecule has 0 aromatic carbocycles. The molecule has 1 atom stereocenters. The first-order valence-corrected chi connectivity index (χ1v) is 7.10. The molecular weight excluding hydrogens is 230 g/mol. The fourth-order valence-corrected chi connectivity index (χ4v) is 3.38. The third-order valence-electron chi connectivity index (χ3n) is 3.69. The summed E-state index contributed by atoms with van der Waals surface area (Å²) < 4.78 is 0. The summed E-state index contributed by atoms with van der Waals surface area (Å²) in [6.45, 7) is 1.22. The van der Waals surface area contributed by atoms with E-state index in [1.807, 2.05) is 0 Å². The molecule has 3 heterocycles. The zero-order valence-electron chi connectivity index (χ0n) is 10.1. The molecule has 17 heavy (non-hydrogen) atoms. The van der Waals surface area contributed by atoms with Crippen molar-refractivity contribution in [2.75, 3.05) is 13.6 Å². The quantitative estimate of drug-likeness (QED) is 0.817. The summed E-state index contributed by atoms with van der Waals surface area (Å²) in [4.78, 5) is 12.4. The van der Waals surface area contributed by atoms with E-state index in [0.29, 0.717) is 6.04 Å². The maximum atomic E-state index is 4.48. The molecule has 2 aromatic rings. The van der Waals surface area contributed by atoms with E-state index in [4.69, 9.17) is 0 Å². The Bertz CT molecular complexity index is 508. The van der Waals surface area contributed by atoms with Gasteiger partial charge in [-0.05, 0) is 37.9 Å². The molecule has 90 valence electrons. The van der Waals surface area contributed by atoms with Gasteiger partial charge in [-0.15, -0.1) is 11.3 Å². The Labute approximate surface area is 106 Å². The number of thiophene rings is 1. The van der Waals surface area contributed by atoms with Crippen LogP contribution < -0.4 is 0 Å². The third kappa shape index (κ3) is 2.19. The highest BCUT2D eigenvalue weighted by atomic mass is 32.1. The summed E-state index contributed by atoms with van der Waals surface area (Å²) >= 11 is 1.70. The predicted octanol–water partition coefficient (Wildman–Crippen LogP) is 2.72. The van der Waals surface area contributed by atoms with Crippen LogP contribution in [0.4, 0.5) is 0 Å². The average Bonchev–Trinajstić information content (AvgIpc) is 2.81. The number of aromatic nitrogens is 2. The molecule has 1 fully saturated rings. The fourth-order valence-electron chi connectivity index (χ4n) is 2.63. The lowest BCUT2D eigenvalue weighted by Gasteiger charge is -2.32. The number of fused-ring (bicyclic) bond motifs is 1. The van der Waals surface area contributed by atoms with Gasteiger partial charge >= 0.3 is 0 Å². The van der Waals surface area contributed by atoms with Gasteiger partial charge in [0.15, 0.2) is 0 Å². The molecule has 0 aliphatic carbocycles. The molecular formula is C13H17N3S. The number of nitrogens with zero attached hydrogens (tertiary/aromatic N) is 3. The van der Waals surface area contributed by atoms with Crippen molar-refractivity contribution < 1.29 is 0 Å². The van der Waals surface area contributed by atoms with Crippen LogP contribution in [0.25, 0.3) is 10.2 Å². The van der Waals surface area contributed by atoms with E-state index < -0.39 is 0 Å². The fraction of sp³-hybridized carbons (Fsp3) is 0.538. The Morgan fingerprint density at radius 3 is 3.24 bits per heavy atom. The summed E-state index contributed by atoms with van der Waals surface area (Å²) in [5.41, 5.74) is 1.22. The van der Waals surface area contributed by atoms with Gasteiger partial charge < -0.3 is 4.90 Å². The molecule has 1 aliphatic rings. The minimum absolute atomic E-state index is 0.654. The van der Waals surface area contributed by atoms with Crippen molar-refractivity contribution in [3.05, 3.63) is 23.5 Å². The van der Waals surface area contributed by atoms with E-state index in [-0.39, 0.29) is 0 Å². The molecule has 0 amide bonds. The standard InChI is InChI=1S/C13H17N3S/c1-16-6-3-2-4-10(16)8-12-11-5-7-17-13(11)15-9-14-12/h5,7,9-10H,2-4,6,8H2,1H3/t10-/m1/s1. The van der Waals surface area contributed by atoms with Gasteiger partial charge in [-0.1, -0.05) is 6.42 Å². The Balaban J connectivity index is 1.86. The molecule has 0 radical (unpaired) electrons. The van der Waals surface area contributed by atoms with Crippen molar-refractivity contribution in [3.8, 4) is 0 Å². The van der Waals surface area contributed by atoms with E-state index >= 15 is 0 Å². The van der Waals surface area contributed by atoms with Crippen molar-refractivity contribution in [2.24, 2.45) is 0 Å². The number of likely N-dealkylation sites (tertiary alicyclic amines) is 1. The van der Waals surface area contributed by atoms with Crippen molar-refractivity contribution in [1.82, 2.24) is 14.9 Å². The lowest BCUT2D eigenvalue weighted by atomic mass is 9.98. The second kappa shape index (κ2) is 4.70. The number of hydrogen-bond acceptors (Lipinski definition) is 4.